The molecule has 6 heteroatoms. The first-order chi connectivity index (χ1) is 9.50. The van der Waals surface area contributed by atoms with Crippen molar-refractivity contribution >= 4 is 9.84 Å². The highest BCUT2D eigenvalue weighted by molar-refractivity contribution is 7.90. The van der Waals surface area contributed by atoms with Crippen molar-refractivity contribution < 1.29 is 17.9 Å². The quantitative estimate of drug-likeness (QED) is 0.810. The van der Waals surface area contributed by atoms with Crippen molar-refractivity contribution in [1.82, 2.24) is 5.32 Å². The van der Waals surface area contributed by atoms with Crippen LogP contribution < -0.4 is 10.1 Å². The van der Waals surface area contributed by atoms with Crippen molar-refractivity contribution in [2.24, 2.45) is 0 Å². The summed E-state index contributed by atoms with van der Waals surface area (Å²) in [6, 6.07) is 4.90. The van der Waals surface area contributed by atoms with E-state index in [0.717, 1.165) is 24.9 Å². The summed E-state index contributed by atoms with van der Waals surface area (Å²) < 4.78 is 34.4. The number of hydrogen-bond acceptors (Lipinski definition) is 5. The van der Waals surface area contributed by atoms with Crippen LogP contribution in [0.15, 0.2) is 23.1 Å². The fourth-order valence-corrected chi connectivity index (χ4v) is 2.61. The highest BCUT2D eigenvalue weighted by Gasteiger charge is 2.21. The summed E-state index contributed by atoms with van der Waals surface area (Å²) in [5, 5.41) is 3.26. The van der Waals surface area contributed by atoms with E-state index in [1.807, 2.05) is 0 Å². The van der Waals surface area contributed by atoms with Crippen LogP contribution in [0, 0.1) is 0 Å². The van der Waals surface area contributed by atoms with E-state index in [1.54, 1.807) is 18.2 Å². The van der Waals surface area contributed by atoms with Crippen molar-refractivity contribution in [3.8, 4) is 5.75 Å². The number of nitrogens with one attached hydrogen (secondary N) is 1. The molecule has 0 bridgehead atoms. The van der Waals surface area contributed by atoms with E-state index in [4.69, 9.17) is 9.47 Å². The third kappa shape index (κ3) is 3.94. The van der Waals surface area contributed by atoms with Gasteiger partial charge in [0.25, 0.3) is 0 Å². The Labute approximate surface area is 120 Å². The summed E-state index contributed by atoms with van der Waals surface area (Å²) in [4.78, 5) is 0.274. The number of sulfone groups is 1. The lowest BCUT2D eigenvalue weighted by Crippen LogP contribution is -2.36. The number of unbranched alkanes of at least 4 members (excludes halogenated alkanes) is 1. The fourth-order valence-electron chi connectivity index (χ4n) is 1.98. The van der Waals surface area contributed by atoms with Gasteiger partial charge in [-0.25, -0.2) is 8.42 Å². The second-order valence-electron chi connectivity index (χ2n) is 4.96. The molecule has 1 aromatic carbocycles. The lowest BCUT2D eigenvalue weighted by molar-refractivity contribution is -0.105. The highest BCUT2D eigenvalue weighted by atomic mass is 32.2. The van der Waals surface area contributed by atoms with Gasteiger partial charge < -0.3 is 14.8 Å². The minimum atomic E-state index is -3.21. The molecular weight excluding hydrogens is 278 g/mol. The van der Waals surface area contributed by atoms with E-state index in [2.05, 4.69) is 12.2 Å². The smallest absolute Gasteiger partial charge is 0.212 e. The minimum Gasteiger partial charge on any atom is -0.463 e. The van der Waals surface area contributed by atoms with E-state index in [-0.39, 0.29) is 11.2 Å². The van der Waals surface area contributed by atoms with Gasteiger partial charge in [0.2, 0.25) is 6.29 Å². The predicted molar refractivity (Wildman–Crippen MR) is 76.5 cm³/mol. The molecule has 2 rings (SSSR count). The van der Waals surface area contributed by atoms with Gasteiger partial charge >= 0.3 is 0 Å². The number of fused-ring (bicyclic) bond motifs is 1. The van der Waals surface area contributed by atoms with Gasteiger partial charge in [0.15, 0.2) is 9.84 Å². The molecule has 1 heterocycles. The van der Waals surface area contributed by atoms with Gasteiger partial charge in [0, 0.05) is 11.8 Å². The molecule has 1 N–H and O–H groups in total. The Hall–Kier alpha value is -1.11. The van der Waals surface area contributed by atoms with Crippen molar-refractivity contribution in [2.75, 3.05) is 19.3 Å². The molecule has 0 aromatic heterocycles. The van der Waals surface area contributed by atoms with Crippen LogP contribution >= 0.6 is 0 Å². The molecule has 1 aromatic rings. The Morgan fingerprint density at radius 2 is 2.20 bits per heavy atom. The van der Waals surface area contributed by atoms with E-state index in [0.29, 0.717) is 18.9 Å². The maximum Gasteiger partial charge on any atom is 0.212 e. The second-order valence-corrected chi connectivity index (χ2v) is 6.97. The van der Waals surface area contributed by atoms with Crippen LogP contribution in [0.4, 0.5) is 0 Å². The van der Waals surface area contributed by atoms with E-state index < -0.39 is 9.84 Å². The standard InChI is InChI=1S/C14H21NO4S/c1-3-4-7-15-9-14-18-10-11-5-6-12(20(2,16)17)8-13(11)19-14/h5-6,8,14-15H,3-4,7,9-10H2,1-2H3. The van der Waals surface area contributed by atoms with Gasteiger partial charge in [-0.1, -0.05) is 19.4 Å². The maximum atomic E-state index is 11.5. The van der Waals surface area contributed by atoms with Crippen LogP contribution in [0.5, 0.6) is 5.75 Å². The van der Waals surface area contributed by atoms with Crippen molar-refractivity contribution in [2.45, 2.75) is 37.6 Å². The molecule has 0 spiro atoms. The third-order valence-corrected chi connectivity index (χ3v) is 4.28. The fraction of sp³-hybridized carbons (Fsp3) is 0.571. The molecule has 1 aliphatic rings. The molecule has 0 fully saturated rings. The van der Waals surface area contributed by atoms with E-state index in [9.17, 15) is 8.42 Å². The average Bonchev–Trinajstić information content (AvgIpc) is 2.42. The van der Waals surface area contributed by atoms with Crippen molar-refractivity contribution in [3.63, 3.8) is 0 Å². The van der Waals surface area contributed by atoms with Gasteiger partial charge in [-0.05, 0) is 25.1 Å². The molecule has 0 aliphatic carbocycles. The summed E-state index contributed by atoms with van der Waals surface area (Å²) >= 11 is 0. The summed E-state index contributed by atoms with van der Waals surface area (Å²) in [6.45, 7) is 4.11. The molecular formula is C14H21NO4S. The van der Waals surface area contributed by atoms with Crippen LogP contribution in [-0.4, -0.2) is 34.1 Å². The molecule has 20 heavy (non-hydrogen) atoms. The first-order valence-electron chi connectivity index (χ1n) is 6.82. The zero-order valence-electron chi connectivity index (χ0n) is 11.9. The number of rotatable bonds is 6. The summed E-state index contributed by atoms with van der Waals surface area (Å²) in [5.74, 6) is 0.599. The molecule has 1 aliphatic heterocycles. The Kier molecular flexibility index (Phi) is 5.01. The van der Waals surface area contributed by atoms with Crippen molar-refractivity contribution in [3.05, 3.63) is 23.8 Å². The van der Waals surface area contributed by atoms with Crippen LogP contribution in [-0.2, 0) is 21.2 Å². The lowest BCUT2D eigenvalue weighted by Gasteiger charge is -2.27. The minimum absolute atomic E-state index is 0.274. The zero-order valence-corrected chi connectivity index (χ0v) is 12.7. The summed E-state index contributed by atoms with van der Waals surface area (Å²) in [6.07, 6.45) is 3.08. The number of hydrogen-bond donors (Lipinski definition) is 1. The van der Waals surface area contributed by atoms with Gasteiger partial charge in [-0.3, -0.25) is 0 Å². The molecule has 1 atom stereocenters. The topological polar surface area (TPSA) is 64.6 Å². The van der Waals surface area contributed by atoms with Gasteiger partial charge in [0.05, 0.1) is 18.0 Å². The SMILES string of the molecule is CCCCNCC1OCc2ccc(S(C)(=O)=O)cc2O1. The largest absolute Gasteiger partial charge is 0.463 e. The summed E-state index contributed by atoms with van der Waals surface area (Å²) in [5.41, 5.74) is 0.877. The van der Waals surface area contributed by atoms with Crippen molar-refractivity contribution in [1.29, 1.82) is 0 Å². The molecule has 0 saturated heterocycles. The molecule has 112 valence electrons. The average molecular weight is 299 g/mol. The molecule has 1 unspecified atom stereocenters. The van der Waals surface area contributed by atoms with E-state index >= 15 is 0 Å². The Morgan fingerprint density at radius 1 is 1.40 bits per heavy atom. The lowest BCUT2D eigenvalue weighted by atomic mass is 10.2. The number of ether oxygens (including phenoxy) is 2. The predicted octanol–water partition coefficient (Wildman–Crippen LogP) is 1.71. The molecule has 0 saturated carbocycles. The molecule has 0 radical (unpaired) electrons. The van der Waals surface area contributed by atoms with Crippen LogP contribution in [0.3, 0.4) is 0 Å². The first-order valence-corrected chi connectivity index (χ1v) is 8.72. The monoisotopic (exact) mass is 299 g/mol. The van der Waals surface area contributed by atoms with Crippen LogP contribution in [0.2, 0.25) is 0 Å². The van der Waals surface area contributed by atoms with Crippen LogP contribution in [0.1, 0.15) is 25.3 Å². The van der Waals surface area contributed by atoms with Gasteiger partial charge in [-0.2, -0.15) is 0 Å². The summed E-state index contributed by atoms with van der Waals surface area (Å²) in [7, 11) is -3.21. The third-order valence-electron chi connectivity index (χ3n) is 3.17. The molecule has 5 nitrogen and oxygen atoms in total. The van der Waals surface area contributed by atoms with Gasteiger partial charge in [-0.15, -0.1) is 0 Å². The van der Waals surface area contributed by atoms with E-state index in [1.165, 1.54) is 6.26 Å². The second kappa shape index (κ2) is 6.56. The zero-order chi connectivity index (χ0) is 14.6. The Balaban J connectivity index is 2.01. The van der Waals surface area contributed by atoms with Crippen LogP contribution in [0.25, 0.3) is 0 Å². The Morgan fingerprint density at radius 3 is 2.90 bits per heavy atom. The van der Waals surface area contributed by atoms with Gasteiger partial charge in [0.1, 0.15) is 5.75 Å². The number of benzene rings is 1. The Bertz CT molecular complexity index is 556. The highest BCUT2D eigenvalue weighted by Crippen LogP contribution is 2.28. The normalized spacial score (nSPS) is 18.4. The first kappa shape index (κ1) is 15.3. The maximum absolute atomic E-state index is 11.5. The molecule has 0 amide bonds.